The normalized spacial score (nSPS) is 34.4. The summed E-state index contributed by atoms with van der Waals surface area (Å²) in [6.07, 6.45) is 5.90. The van der Waals surface area contributed by atoms with Crippen LogP contribution >= 0.6 is 0 Å². The first-order valence-electron chi connectivity index (χ1n) is 10.7. The SMILES string of the molecule is C[C@H](CC(=O)O)NC(=O)C[C@H]1CCCN([C@@H]2CCC3C(CCN[C@H]3N)C2)C1=O.[HH]. The standard InChI is InChI=1S/C20H34N4O4.H2/c1-12(9-18(26)27)23-17(25)11-14-3-2-8-24(20(14)28)15-4-5-16-13(10-15)6-7-22-19(16)21;/h12-16,19,22H,2-11,21H2,1H3,(H,23,25)(H,26,27);1H/t12-,13?,14-,15-,16?,19-;/m1./s1. The second kappa shape index (κ2) is 9.22. The highest BCUT2D eigenvalue weighted by Crippen LogP contribution is 2.39. The number of rotatable bonds is 6. The van der Waals surface area contributed by atoms with Crippen LogP contribution in [-0.4, -0.2) is 59.1 Å². The largest absolute Gasteiger partial charge is 0.481 e. The third-order valence-electron chi connectivity index (χ3n) is 6.71. The van der Waals surface area contributed by atoms with Crippen LogP contribution in [0.25, 0.3) is 0 Å². The summed E-state index contributed by atoms with van der Waals surface area (Å²) in [5.41, 5.74) is 6.21. The first-order chi connectivity index (χ1) is 13.3. The van der Waals surface area contributed by atoms with Gasteiger partial charge in [-0.15, -0.1) is 0 Å². The molecule has 160 valence electrons. The van der Waals surface area contributed by atoms with Crippen molar-refractivity contribution in [2.45, 2.75) is 76.5 Å². The summed E-state index contributed by atoms with van der Waals surface area (Å²) in [6, 6.07) is -0.171. The minimum absolute atomic E-state index is 0. The molecule has 3 rings (SSSR count). The Balaban J connectivity index is 0.00000300. The van der Waals surface area contributed by atoms with E-state index in [9.17, 15) is 14.4 Å². The smallest absolute Gasteiger partial charge is 0.305 e. The number of nitrogens with zero attached hydrogens (tertiary/aromatic N) is 1. The molecule has 2 unspecified atom stereocenters. The number of fused-ring (bicyclic) bond motifs is 1. The van der Waals surface area contributed by atoms with Crippen molar-refractivity contribution in [3.8, 4) is 0 Å². The zero-order valence-corrected chi connectivity index (χ0v) is 16.7. The molecular formula is C20H36N4O4. The zero-order valence-electron chi connectivity index (χ0n) is 16.7. The molecular weight excluding hydrogens is 360 g/mol. The van der Waals surface area contributed by atoms with Crippen molar-refractivity contribution in [1.29, 1.82) is 0 Å². The molecule has 1 aliphatic carbocycles. The molecule has 6 atom stereocenters. The van der Waals surface area contributed by atoms with Gasteiger partial charge in [-0.2, -0.15) is 0 Å². The Morgan fingerprint density at radius 1 is 1.36 bits per heavy atom. The van der Waals surface area contributed by atoms with Gasteiger partial charge >= 0.3 is 5.97 Å². The first-order valence-corrected chi connectivity index (χ1v) is 10.7. The summed E-state index contributed by atoms with van der Waals surface area (Å²) < 4.78 is 0. The number of carbonyl (C=O) groups excluding carboxylic acids is 2. The van der Waals surface area contributed by atoms with Crippen LogP contribution < -0.4 is 16.4 Å². The number of nitrogens with two attached hydrogens (primary N) is 1. The summed E-state index contributed by atoms with van der Waals surface area (Å²) in [5, 5.41) is 14.9. The zero-order chi connectivity index (χ0) is 20.3. The Morgan fingerprint density at radius 3 is 2.89 bits per heavy atom. The fraction of sp³-hybridized carbons (Fsp3) is 0.850. The van der Waals surface area contributed by atoms with E-state index in [1.54, 1.807) is 6.92 Å². The van der Waals surface area contributed by atoms with Gasteiger partial charge in [-0.3, -0.25) is 14.4 Å². The minimum atomic E-state index is -0.944. The molecule has 2 aliphatic heterocycles. The van der Waals surface area contributed by atoms with Gasteiger partial charge in [-0.05, 0) is 63.8 Å². The van der Waals surface area contributed by atoms with Crippen molar-refractivity contribution < 1.29 is 20.9 Å². The van der Waals surface area contributed by atoms with Crippen LogP contribution in [0.1, 0.15) is 59.7 Å². The molecule has 0 aromatic rings. The van der Waals surface area contributed by atoms with E-state index >= 15 is 0 Å². The Hall–Kier alpha value is -1.67. The Bertz CT molecular complexity index is 605. The van der Waals surface area contributed by atoms with Gasteiger partial charge in [0.2, 0.25) is 11.8 Å². The van der Waals surface area contributed by atoms with Crippen molar-refractivity contribution in [1.82, 2.24) is 15.5 Å². The topological polar surface area (TPSA) is 125 Å². The molecule has 2 heterocycles. The number of nitrogens with one attached hydrogen (secondary N) is 2. The molecule has 8 nitrogen and oxygen atoms in total. The lowest BCUT2D eigenvalue weighted by Gasteiger charge is -2.47. The molecule has 2 saturated heterocycles. The first kappa shape index (κ1) is 21.0. The van der Waals surface area contributed by atoms with Gasteiger partial charge in [0.05, 0.1) is 12.6 Å². The highest BCUT2D eigenvalue weighted by atomic mass is 16.4. The molecule has 0 aromatic heterocycles. The van der Waals surface area contributed by atoms with Crippen LogP contribution in [0.5, 0.6) is 0 Å². The van der Waals surface area contributed by atoms with Crippen LogP contribution in [0.4, 0.5) is 0 Å². The van der Waals surface area contributed by atoms with E-state index in [4.69, 9.17) is 10.8 Å². The Kier molecular flexibility index (Phi) is 6.93. The molecule has 3 fully saturated rings. The highest BCUT2D eigenvalue weighted by Gasteiger charge is 2.41. The number of amides is 2. The highest BCUT2D eigenvalue weighted by molar-refractivity contribution is 5.86. The van der Waals surface area contributed by atoms with Crippen LogP contribution in [0.15, 0.2) is 0 Å². The lowest BCUT2D eigenvalue weighted by atomic mass is 9.71. The monoisotopic (exact) mass is 396 g/mol. The average Bonchev–Trinajstić information content (AvgIpc) is 2.62. The minimum Gasteiger partial charge on any atom is -0.481 e. The maximum absolute atomic E-state index is 13.1. The third kappa shape index (κ3) is 5.03. The lowest BCUT2D eigenvalue weighted by molar-refractivity contribution is -0.145. The number of carboxylic acids is 1. The van der Waals surface area contributed by atoms with Crippen molar-refractivity contribution >= 4 is 17.8 Å². The van der Waals surface area contributed by atoms with Gasteiger partial charge in [0, 0.05) is 32.4 Å². The number of piperidine rings is 2. The van der Waals surface area contributed by atoms with Crippen LogP contribution in [0.2, 0.25) is 0 Å². The van der Waals surface area contributed by atoms with E-state index in [2.05, 4.69) is 10.6 Å². The quantitative estimate of drug-likeness (QED) is 0.529. The second-order valence-corrected chi connectivity index (χ2v) is 8.80. The van der Waals surface area contributed by atoms with Gasteiger partial charge in [0.25, 0.3) is 0 Å². The summed E-state index contributed by atoms with van der Waals surface area (Å²) in [5.74, 6) is -0.304. The van der Waals surface area contributed by atoms with E-state index in [0.29, 0.717) is 11.8 Å². The molecule has 0 spiro atoms. The van der Waals surface area contributed by atoms with Gasteiger partial charge < -0.3 is 26.4 Å². The fourth-order valence-electron chi connectivity index (χ4n) is 5.34. The number of carbonyl (C=O) groups is 3. The van der Waals surface area contributed by atoms with E-state index in [1.807, 2.05) is 4.90 Å². The molecule has 1 saturated carbocycles. The maximum Gasteiger partial charge on any atom is 0.305 e. The van der Waals surface area contributed by atoms with E-state index in [-0.39, 0.29) is 44.2 Å². The summed E-state index contributed by atoms with van der Waals surface area (Å²) in [6.45, 7) is 3.39. The number of aliphatic carboxylic acids is 1. The predicted molar refractivity (Wildman–Crippen MR) is 106 cm³/mol. The predicted octanol–water partition coefficient (Wildman–Crippen LogP) is 0.904. The summed E-state index contributed by atoms with van der Waals surface area (Å²) in [7, 11) is 0. The lowest BCUT2D eigenvalue weighted by Crippen LogP contribution is -2.56. The molecule has 28 heavy (non-hydrogen) atoms. The molecule has 0 radical (unpaired) electrons. The average molecular weight is 397 g/mol. The Morgan fingerprint density at radius 2 is 2.14 bits per heavy atom. The van der Waals surface area contributed by atoms with E-state index in [0.717, 1.165) is 51.6 Å². The van der Waals surface area contributed by atoms with Gasteiger partial charge in [0.15, 0.2) is 0 Å². The number of carboxylic acid groups (broad SMARTS) is 1. The van der Waals surface area contributed by atoms with Crippen molar-refractivity contribution in [3.05, 3.63) is 0 Å². The van der Waals surface area contributed by atoms with Crippen molar-refractivity contribution in [3.63, 3.8) is 0 Å². The van der Waals surface area contributed by atoms with E-state index < -0.39 is 12.0 Å². The van der Waals surface area contributed by atoms with Crippen LogP contribution in [0, 0.1) is 17.8 Å². The number of hydrogen-bond acceptors (Lipinski definition) is 5. The molecule has 8 heteroatoms. The molecule has 2 amide bonds. The fourth-order valence-corrected chi connectivity index (χ4v) is 5.34. The van der Waals surface area contributed by atoms with Gasteiger partial charge in [-0.25, -0.2) is 0 Å². The van der Waals surface area contributed by atoms with Gasteiger partial charge in [-0.1, -0.05) is 0 Å². The summed E-state index contributed by atoms with van der Waals surface area (Å²) >= 11 is 0. The second-order valence-electron chi connectivity index (χ2n) is 8.80. The van der Waals surface area contributed by atoms with Gasteiger partial charge in [0.1, 0.15) is 0 Å². The van der Waals surface area contributed by atoms with Crippen LogP contribution in [0.3, 0.4) is 0 Å². The third-order valence-corrected chi connectivity index (χ3v) is 6.71. The van der Waals surface area contributed by atoms with E-state index in [1.165, 1.54) is 0 Å². The van der Waals surface area contributed by atoms with Crippen molar-refractivity contribution in [2.75, 3.05) is 13.1 Å². The molecule has 0 bridgehead atoms. The molecule has 5 N–H and O–H groups in total. The Labute approximate surface area is 168 Å². The molecule has 0 aromatic carbocycles. The summed E-state index contributed by atoms with van der Waals surface area (Å²) in [4.78, 5) is 38.1. The maximum atomic E-state index is 13.1. The molecule has 3 aliphatic rings. The van der Waals surface area contributed by atoms with Crippen molar-refractivity contribution in [2.24, 2.45) is 23.5 Å². The van der Waals surface area contributed by atoms with Crippen LogP contribution in [-0.2, 0) is 14.4 Å². The number of likely N-dealkylation sites (tertiary alicyclic amines) is 1. The number of hydrogen-bond donors (Lipinski definition) is 4.